The van der Waals surface area contributed by atoms with Gasteiger partial charge in [0.05, 0.1) is 6.10 Å². The molecule has 1 aromatic rings. The number of aliphatic hydroxyl groups is 1. The number of ether oxygens (including phenoxy) is 1. The Labute approximate surface area is 165 Å². The smallest absolute Gasteiger partial charge is 0.330 e. The van der Waals surface area contributed by atoms with Crippen LogP contribution in [0.5, 0.6) is 0 Å². The minimum absolute atomic E-state index is 0.135. The van der Waals surface area contributed by atoms with Crippen molar-refractivity contribution in [1.29, 1.82) is 0 Å². The van der Waals surface area contributed by atoms with Crippen molar-refractivity contribution >= 4 is 8.53 Å². The van der Waals surface area contributed by atoms with Gasteiger partial charge in [0.2, 0.25) is 0 Å². The Hall–Kier alpha value is -1.13. The minimum Gasteiger partial charge on any atom is -0.383 e. The van der Waals surface area contributed by atoms with E-state index in [4.69, 9.17) is 9.26 Å². The van der Waals surface area contributed by atoms with Crippen LogP contribution in [-0.4, -0.2) is 66.3 Å². The Morgan fingerprint density at radius 2 is 1.89 bits per heavy atom. The highest BCUT2D eigenvalue weighted by Gasteiger charge is 2.54. The van der Waals surface area contributed by atoms with Gasteiger partial charge in [-0.3, -0.25) is 14.3 Å². The standard InChI is InChI=1S/C17H31N4O6P/c1-10(2)21(11(3)4)19(7)28(25)27-14-12(5)26-15(17(14,6)24)20-9-8-13(22)18-16(20)23/h8-12,14-15,24-25H,1-7H3,(H,18,22,23)/t12-,14-,15-,17-,28?/m1/s1. The summed E-state index contributed by atoms with van der Waals surface area (Å²) in [6, 6.07) is 1.45. The van der Waals surface area contributed by atoms with Crippen molar-refractivity contribution < 1.29 is 19.3 Å². The number of nitrogens with zero attached hydrogens (tertiary/aromatic N) is 3. The van der Waals surface area contributed by atoms with Crippen LogP contribution < -0.4 is 11.2 Å². The van der Waals surface area contributed by atoms with E-state index in [1.807, 2.05) is 32.7 Å². The quantitative estimate of drug-likeness (QED) is 0.439. The van der Waals surface area contributed by atoms with Gasteiger partial charge in [0, 0.05) is 31.4 Å². The number of H-pyrrole nitrogens is 1. The van der Waals surface area contributed by atoms with Crippen molar-refractivity contribution in [1.82, 2.24) is 19.3 Å². The second-order valence-electron chi connectivity index (χ2n) is 7.77. The summed E-state index contributed by atoms with van der Waals surface area (Å²) in [5, 5.41) is 13.1. The third-order valence-electron chi connectivity index (χ3n) is 4.80. The minimum atomic E-state index is -2.07. The van der Waals surface area contributed by atoms with Gasteiger partial charge in [0.25, 0.3) is 14.1 Å². The van der Waals surface area contributed by atoms with Gasteiger partial charge in [0.1, 0.15) is 11.7 Å². The third-order valence-corrected chi connectivity index (χ3v) is 5.91. The Balaban J connectivity index is 2.24. The molecular formula is C17H31N4O6P. The fourth-order valence-corrected chi connectivity index (χ4v) is 5.02. The first kappa shape index (κ1) is 23.2. The summed E-state index contributed by atoms with van der Waals surface area (Å²) in [5.41, 5.74) is -2.85. The predicted octanol–water partition coefficient (Wildman–Crippen LogP) is 0.775. The van der Waals surface area contributed by atoms with Crippen molar-refractivity contribution in [2.75, 3.05) is 7.05 Å². The van der Waals surface area contributed by atoms with Gasteiger partial charge in [-0.1, -0.05) is 0 Å². The summed E-state index contributed by atoms with van der Waals surface area (Å²) in [7, 11) is -0.342. The molecule has 1 saturated heterocycles. The highest BCUT2D eigenvalue weighted by Crippen LogP contribution is 2.47. The van der Waals surface area contributed by atoms with Crippen LogP contribution in [0.25, 0.3) is 0 Å². The maximum atomic E-state index is 12.1. The lowest BCUT2D eigenvalue weighted by molar-refractivity contribution is -0.0961. The van der Waals surface area contributed by atoms with Gasteiger partial charge < -0.3 is 19.3 Å². The molecule has 1 aliphatic heterocycles. The molecule has 0 amide bonds. The van der Waals surface area contributed by atoms with Gasteiger partial charge in [-0.05, 0) is 41.5 Å². The van der Waals surface area contributed by atoms with Crippen LogP contribution in [0.4, 0.5) is 0 Å². The summed E-state index contributed by atoms with van der Waals surface area (Å²) < 4.78 is 14.3. The lowest BCUT2D eigenvalue weighted by atomic mass is 9.97. The van der Waals surface area contributed by atoms with Crippen molar-refractivity contribution in [3.05, 3.63) is 33.1 Å². The Bertz CT molecular complexity index is 771. The number of nitrogens with one attached hydrogen (secondary N) is 1. The molecule has 11 heteroatoms. The van der Waals surface area contributed by atoms with E-state index in [9.17, 15) is 19.6 Å². The molecule has 2 rings (SSSR count). The molecule has 1 fully saturated rings. The summed E-state index contributed by atoms with van der Waals surface area (Å²) in [6.45, 7) is 11.2. The maximum absolute atomic E-state index is 12.1. The van der Waals surface area contributed by atoms with Gasteiger partial charge in [-0.25, -0.2) is 9.80 Å². The van der Waals surface area contributed by atoms with Crippen molar-refractivity contribution in [2.45, 2.75) is 77.7 Å². The van der Waals surface area contributed by atoms with Crippen LogP contribution in [0.3, 0.4) is 0 Å². The van der Waals surface area contributed by atoms with Crippen molar-refractivity contribution in [2.24, 2.45) is 0 Å². The predicted molar refractivity (Wildman–Crippen MR) is 105 cm³/mol. The largest absolute Gasteiger partial charge is 0.383 e. The summed E-state index contributed by atoms with van der Waals surface area (Å²) in [4.78, 5) is 36.2. The SMILES string of the molecule is CC(C)N(C(C)C)N(C)P(O)O[C@@H]1[C@@H](C)O[C@@H](n2ccc(=O)[nH]c2=O)[C@]1(C)O. The molecule has 1 aromatic heterocycles. The molecule has 160 valence electrons. The Morgan fingerprint density at radius 3 is 2.39 bits per heavy atom. The first-order valence-corrected chi connectivity index (χ1v) is 10.4. The molecule has 0 aromatic carbocycles. The second-order valence-corrected chi connectivity index (χ2v) is 9.07. The molecule has 10 nitrogen and oxygen atoms in total. The molecule has 5 atom stereocenters. The molecule has 28 heavy (non-hydrogen) atoms. The maximum Gasteiger partial charge on any atom is 0.330 e. The molecule has 1 aliphatic rings. The van der Waals surface area contributed by atoms with E-state index in [-0.39, 0.29) is 12.1 Å². The highest BCUT2D eigenvalue weighted by molar-refractivity contribution is 7.43. The number of hydrogen-bond donors (Lipinski definition) is 3. The number of hydrogen-bond acceptors (Lipinski definition) is 8. The van der Waals surface area contributed by atoms with Crippen LogP contribution in [0.1, 0.15) is 47.8 Å². The molecule has 0 spiro atoms. The summed E-state index contributed by atoms with van der Waals surface area (Å²) in [5.74, 6) is 0. The third kappa shape index (κ3) is 4.54. The number of rotatable bonds is 7. The number of hydrazine groups is 1. The summed E-state index contributed by atoms with van der Waals surface area (Å²) in [6.07, 6.45) is -1.30. The van der Waals surface area contributed by atoms with Crippen LogP contribution in [0.15, 0.2) is 21.9 Å². The molecule has 1 unspecified atom stereocenters. The van der Waals surface area contributed by atoms with E-state index >= 15 is 0 Å². The normalized spacial score (nSPS) is 29.4. The fourth-order valence-electron chi connectivity index (χ4n) is 3.70. The zero-order chi connectivity index (χ0) is 21.4. The lowest BCUT2D eigenvalue weighted by Crippen LogP contribution is -2.49. The fraction of sp³-hybridized carbons (Fsp3) is 0.765. The molecule has 2 heterocycles. The molecule has 0 radical (unpaired) electrons. The number of aromatic nitrogens is 2. The first-order chi connectivity index (χ1) is 12.9. The van der Waals surface area contributed by atoms with Crippen LogP contribution >= 0.6 is 8.53 Å². The zero-order valence-electron chi connectivity index (χ0n) is 17.4. The van der Waals surface area contributed by atoms with Crippen LogP contribution in [0, 0.1) is 0 Å². The van der Waals surface area contributed by atoms with Gasteiger partial charge in [0.15, 0.2) is 6.23 Å². The lowest BCUT2D eigenvalue weighted by Gasteiger charge is -2.41. The average Bonchev–Trinajstić information content (AvgIpc) is 2.77. The molecule has 0 bridgehead atoms. The highest BCUT2D eigenvalue weighted by atomic mass is 31.2. The Kier molecular flexibility index (Phi) is 7.20. The second kappa shape index (κ2) is 8.71. The molecule has 0 saturated carbocycles. The molecule has 3 N–H and O–H groups in total. The summed E-state index contributed by atoms with van der Waals surface area (Å²) >= 11 is 0. The van der Waals surface area contributed by atoms with E-state index in [0.717, 1.165) is 4.57 Å². The van der Waals surface area contributed by atoms with E-state index in [0.29, 0.717) is 0 Å². The topological polar surface area (TPSA) is 120 Å². The molecular weight excluding hydrogens is 387 g/mol. The monoisotopic (exact) mass is 418 g/mol. The van der Waals surface area contributed by atoms with Crippen LogP contribution in [0.2, 0.25) is 0 Å². The van der Waals surface area contributed by atoms with Gasteiger partial charge in [-0.2, -0.15) is 4.78 Å². The van der Waals surface area contributed by atoms with Crippen LogP contribution in [-0.2, 0) is 9.26 Å². The molecule has 0 aliphatic carbocycles. The average molecular weight is 418 g/mol. The first-order valence-electron chi connectivity index (χ1n) is 9.24. The number of aromatic amines is 1. The van der Waals surface area contributed by atoms with E-state index < -0.39 is 43.8 Å². The van der Waals surface area contributed by atoms with E-state index in [1.165, 1.54) is 19.2 Å². The van der Waals surface area contributed by atoms with Crippen molar-refractivity contribution in [3.63, 3.8) is 0 Å². The Morgan fingerprint density at radius 1 is 1.32 bits per heavy atom. The van der Waals surface area contributed by atoms with Gasteiger partial charge in [-0.15, -0.1) is 0 Å². The van der Waals surface area contributed by atoms with E-state index in [1.54, 1.807) is 18.8 Å². The zero-order valence-corrected chi connectivity index (χ0v) is 18.3. The van der Waals surface area contributed by atoms with Crippen molar-refractivity contribution in [3.8, 4) is 0 Å². The van der Waals surface area contributed by atoms with E-state index in [2.05, 4.69) is 4.98 Å². The van der Waals surface area contributed by atoms with Gasteiger partial charge >= 0.3 is 5.69 Å².